The first-order chi connectivity index (χ1) is 13.0. The Labute approximate surface area is 155 Å². The minimum Gasteiger partial charge on any atom is -0.350 e. The van der Waals surface area contributed by atoms with E-state index in [4.69, 9.17) is 0 Å². The van der Waals surface area contributed by atoms with Crippen LogP contribution in [0.2, 0.25) is 0 Å². The van der Waals surface area contributed by atoms with E-state index in [0.29, 0.717) is 28.9 Å². The van der Waals surface area contributed by atoms with Gasteiger partial charge in [0.15, 0.2) is 5.65 Å². The Morgan fingerprint density at radius 3 is 2.74 bits per heavy atom. The zero-order chi connectivity index (χ0) is 19.0. The van der Waals surface area contributed by atoms with Crippen molar-refractivity contribution in [3.05, 3.63) is 65.6 Å². The molecule has 0 amide bonds. The fourth-order valence-corrected chi connectivity index (χ4v) is 3.04. The van der Waals surface area contributed by atoms with Gasteiger partial charge in [-0.3, -0.25) is 0 Å². The molecule has 1 N–H and O–H groups in total. The van der Waals surface area contributed by atoms with Gasteiger partial charge >= 0.3 is 0 Å². The first-order valence-electron chi connectivity index (χ1n) is 8.78. The molecule has 0 fully saturated rings. The molecule has 7 nitrogen and oxygen atoms in total. The van der Waals surface area contributed by atoms with E-state index in [9.17, 15) is 4.39 Å². The van der Waals surface area contributed by atoms with E-state index >= 15 is 0 Å². The first-order valence-corrected chi connectivity index (χ1v) is 8.78. The van der Waals surface area contributed by atoms with Gasteiger partial charge in [-0.1, -0.05) is 19.9 Å². The normalized spacial score (nSPS) is 11.4. The van der Waals surface area contributed by atoms with Gasteiger partial charge in [-0.25, -0.2) is 14.1 Å². The van der Waals surface area contributed by atoms with Gasteiger partial charge in [-0.2, -0.15) is 19.7 Å². The summed E-state index contributed by atoms with van der Waals surface area (Å²) in [7, 11) is 0. The van der Waals surface area contributed by atoms with Crippen molar-refractivity contribution in [2.75, 3.05) is 5.32 Å². The van der Waals surface area contributed by atoms with E-state index in [1.54, 1.807) is 39.9 Å². The van der Waals surface area contributed by atoms with Crippen LogP contribution in [0.3, 0.4) is 0 Å². The summed E-state index contributed by atoms with van der Waals surface area (Å²) in [4.78, 5) is 8.95. The quantitative estimate of drug-likeness (QED) is 0.586. The van der Waals surface area contributed by atoms with E-state index in [2.05, 4.69) is 39.3 Å². The number of benzene rings is 1. The van der Waals surface area contributed by atoms with Crippen LogP contribution >= 0.6 is 0 Å². The van der Waals surface area contributed by atoms with Crippen molar-refractivity contribution in [2.24, 2.45) is 0 Å². The van der Waals surface area contributed by atoms with Crippen LogP contribution in [-0.2, 0) is 6.54 Å². The topological polar surface area (TPSA) is 72.9 Å². The van der Waals surface area contributed by atoms with Gasteiger partial charge in [0.25, 0.3) is 0 Å². The highest BCUT2D eigenvalue weighted by Gasteiger charge is 2.15. The van der Waals surface area contributed by atoms with Gasteiger partial charge in [-0.15, -0.1) is 0 Å². The van der Waals surface area contributed by atoms with E-state index in [1.165, 1.54) is 6.07 Å². The number of fused-ring (bicyclic) bond motifs is 1. The predicted molar refractivity (Wildman–Crippen MR) is 100 cm³/mol. The Morgan fingerprint density at radius 2 is 2.00 bits per heavy atom. The number of rotatable bonds is 5. The third kappa shape index (κ3) is 3.14. The molecule has 0 atom stereocenters. The minimum absolute atomic E-state index is 0.240. The molecule has 27 heavy (non-hydrogen) atoms. The van der Waals surface area contributed by atoms with E-state index in [0.717, 1.165) is 11.2 Å². The van der Waals surface area contributed by atoms with Crippen LogP contribution in [-0.4, -0.2) is 29.4 Å². The Balaban J connectivity index is 1.71. The Morgan fingerprint density at radius 1 is 1.15 bits per heavy atom. The van der Waals surface area contributed by atoms with E-state index in [-0.39, 0.29) is 12.4 Å². The maximum atomic E-state index is 14.5. The lowest BCUT2D eigenvalue weighted by molar-refractivity contribution is 0.608. The second-order valence-corrected chi connectivity index (χ2v) is 6.63. The highest BCUT2D eigenvalue weighted by atomic mass is 19.1. The average Bonchev–Trinajstić information content (AvgIpc) is 3.29. The molecule has 3 heterocycles. The van der Waals surface area contributed by atoms with Gasteiger partial charge in [-0.05, 0) is 31.0 Å². The standard InChI is InChI=1S/C19H20FN7/c1-12(2)14-11-23-27-18(14)24-13(3)25-19(27)21-10-15-16(20)6-4-7-17(15)26-9-5-8-22-26/h4-9,11-12H,10H2,1-3H3,(H,21,24,25). The van der Waals surface area contributed by atoms with Crippen molar-refractivity contribution in [3.63, 3.8) is 0 Å². The number of nitrogens with zero attached hydrogens (tertiary/aromatic N) is 6. The molecule has 0 aliphatic heterocycles. The summed E-state index contributed by atoms with van der Waals surface area (Å²) in [6.07, 6.45) is 5.25. The van der Waals surface area contributed by atoms with Crippen molar-refractivity contribution in [3.8, 4) is 5.69 Å². The number of hydrogen-bond acceptors (Lipinski definition) is 5. The van der Waals surface area contributed by atoms with Crippen LogP contribution in [0.4, 0.5) is 10.3 Å². The van der Waals surface area contributed by atoms with Crippen LogP contribution in [0.25, 0.3) is 11.3 Å². The number of halogens is 1. The highest BCUT2D eigenvalue weighted by Crippen LogP contribution is 2.22. The highest BCUT2D eigenvalue weighted by molar-refractivity contribution is 5.52. The lowest BCUT2D eigenvalue weighted by atomic mass is 10.1. The van der Waals surface area contributed by atoms with E-state index < -0.39 is 0 Å². The van der Waals surface area contributed by atoms with Crippen molar-refractivity contribution in [1.29, 1.82) is 0 Å². The van der Waals surface area contributed by atoms with Gasteiger partial charge < -0.3 is 5.32 Å². The molecule has 4 rings (SSSR count). The average molecular weight is 365 g/mol. The van der Waals surface area contributed by atoms with Crippen LogP contribution in [0.5, 0.6) is 0 Å². The molecule has 8 heteroatoms. The van der Waals surface area contributed by atoms with Gasteiger partial charge in [0, 0.05) is 30.1 Å². The van der Waals surface area contributed by atoms with Crippen molar-refractivity contribution in [1.82, 2.24) is 29.4 Å². The maximum absolute atomic E-state index is 14.5. The Kier molecular flexibility index (Phi) is 4.31. The van der Waals surface area contributed by atoms with Gasteiger partial charge in [0.2, 0.25) is 5.95 Å². The SMILES string of the molecule is Cc1nc(NCc2c(F)cccc2-n2cccn2)n2ncc(C(C)C)c2n1. The van der Waals surface area contributed by atoms with Crippen molar-refractivity contribution >= 4 is 11.6 Å². The van der Waals surface area contributed by atoms with Crippen molar-refractivity contribution in [2.45, 2.75) is 33.2 Å². The van der Waals surface area contributed by atoms with E-state index in [1.807, 2.05) is 13.0 Å². The fourth-order valence-electron chi connectivity index (χ4n) is 3.04. The fraction of sp³-hybridized carbons (Fsp3) is 0.263. The van der Waals surface area contributed by atoms with Gasteiger partial charge in [0.05, 0.1) is 11.9 Å². The number of anilines is 1. The molecule has 0 spiro atoms. The third-order valence-electron chi connectivity index (χ3n) is 4.40. The minimum atomic E-state index is -0.305. The molecule has 0 unspecified atom stereocenters. The summed E-state index contributed by atoms with van der Waals surface area (Å²) >= 11 is 0. The lowest BCUT2D eigenvalue weighted by Gasteiger charge is -2.13. The van der Waals surface area contributed by atoms with Crippen LogP contribution in [0, 0.1) is 12.7 Å². The largest absolute Gasteiger partial charge is 0.350 e. The zero-order valence-electron chi connectivity index (χ0n) is 15.4. The maximum Gasteiger partial charge on any atom is 0.227 e. The van der Waals surface area contributed by atoms with Gasteiger partial charge in [0.1, 0.15) is 11.6 Å². The summed E-state index contributed by atoms with van der Waals surface area (Å²) < 4.78 is 17.8. The Hall–Kier alpha value is -3.29. The molecule has 1 aromatic carbocycles. The summed E-state index contributed by atoms with van der Waals surface area (Å²) in [5, 5.41) is 11.8. The molecule has 3 aromatic heterocycles. The number of hydrogen-bond donors (Lipinski definition) is 1. The van der Waals surface area contributed by atoms with Crippen LogP contribution in [0.15, 0.2) is 42.9 Å². The summed E-state index contributed by atoms with van der Waals surface area (Å²) in [5.74, 6) is 1.15. The summed E-state index contributed by atoms with van der Waals surface area (Å²) in [5.41, 5.74) is 2.99. The van der Waals surface area contributed by atoms with Crippen molar-refractivity contribution < 1.29 is 4.39 Å². The number of nitrogens with one attached hydrogen (secondary N) is 1. The molecular weight excluding hydrogens is 345 g/mol. The monoisotopic (exact) mass is 365 g/mol. The van der Waals surface area contributed by atoms with Crippen LogP contribution < -0.4 is 5.32 Å². The molecule has 4 aromatic rings. The molecule has 0 bridgehead atoms. The smallest absolute Gasteiger partial charge is 0.227 e. The predicted octanol–water partition coefficient (Wildman–Crippen LogP) is 3.49. The second kappa shape index (κ2) is 6.79. The molecule has 0 aliphatic carbocycles. The lowest BCUT2D eigenvalue weighted by Crippen LogP contribution is -2.13. The summed E-state index contributed by atoms with van der Waals surface area (Å²) in [6.45, 7) is 6.26. The molecule has 0 radical (unpaired) electrons. The molecule has 0 aliphatic rings. The third-order valence-corrected chi connectivity index (χ3v) is 4.40. The zero-order valence-corrected chi connectivity index (χ0v) is 15.4. The number of aromatic nitrogens is 6. The first kappa shape index (κ1) is 17.1. The molecular formula is C19H20FN7. The molecule has 0 saturated carbocycles. The molecule has 138 valence electrons. The Bertz CT molecular complexity index is 1080. The molecule has 0 saturated heterocycles. The summed E-state index contributed by atoms with van der Waals surface area (Å²) in [6, 6.07) is 6.75. The van der Waals surface area contributed by atoms with Crippen LogP contribution in [0.1, 0.15) is 36.7 Å². The number of aryl methyl sites for hydroxylation is 1. The second-order valence-electron chi connectivity index (χ2n) is 6.63.